The Balaban J connectivity index is 1.98. The van der Waals surface area contributed by atoms with Crippen LogP contribution in [0.5, 0.6) is 0 Å². The molecule has 2 aromatic carbocycles. The molecule has 18 heavy (non-hydrogen) atoms. The van der Waals surface area contributed by atoms with Crippen LogP contribution in [0.2, 0.25) is 0 Å². The molecule has 1 unspecified atom stereocenters. The minimum absolute atomic E-state index is 0.0719. The summed E-state index contributed by atoms with van der Waals surface area (Å²) in [5.74, 6) is 0. The van der Waals surface area contributed by atoms with Gasteiger partial charge in [0.05, 0.1) is 6.10 Å². The lowest BCUT2D eigenvalue weighted by atomic mass is 9.79. The molecule has 94 valence electrons. The fraction of sp³-hybridized carbons (Fsp3) is 0.412. The van der Waals surface area contributed by atoms with Gasteiger partial charge in [0.25, 0.3) is 0 Å². The monoisotopic (exact) mass is 240 g/mol. The number of hydrogen-bond acceptors (Lipinski definition) is 1. The van der Waals surface area contributed by atoms with Gasteiger partial charge >= 0.3 is 0 Å². The van der Waals surface area contributed by atoms with E-state index in [1.54, 1.807) is 0 Å². The summed E-state index contributed by atoms with van der Waals surface area (Å²) in [7, 11) is 0. The Bertz CT molecular complexity index is 552. The molecule has 0 bridgehead atoms. The van der Waals surface area contributed by atoms with Crippen molar-refractivity contribution < 1.29 is 5.11 Å². The van der Waals surface area contributed by atoms with Crippen LogP contribution in [0.25, 0.3) is 10.8 Å². The van der Waals surface area contributed by atoms with Crippen molar-refractivity contribution in [2.45, 2.75) is 38.7 Å². The molecule has 1 N–H and O–H groups in total. The first-order valence-electron chi connectivity index (χ1n) is 6.86. The Morgan fingerprint density at radius 1 is 1.00 bits per heavy atom. The molecule has 1 aliphatic carbocycles. The highest BCUT2D eigenvalue weighted by molar-refractivity contribution is 5.83. The number of benzene rings is 2. The molecule has 0 radical (unpaired) electrons. The van der Waals surface area contributed by atoms with Crippen molar-refractivity contribution in [2.24, 2.45) is 5.41 Å². The van der Waals surface area contributed by atoms with Crippen LogP contribution < -0.4 is 0 Å². The second-order valence-electron chi connectivity index (χ2n) is 5.87. The molecule has 0 heterocycles. The molecule has 1 saturated carbocycles. The van der Waals surface area contributed by atoms with E-state index in [-0.39, 0.29) is 11.5 Å². The molecule has 1 heteroatoms. The lowest BCUT2D eigenvalue weighted by Gasteiger charge is -2.30. The van der Waals surface area contributed by atoms with E-state index in [1.807, 2.05) is 0 Å². The van der Waals surface area contributed by atoms with Gasteiger partial charge in [0.1, 0.15) is 0 Å². The van der Waals surface area contributed by atoms with E-state index in [0.29, 0.717) is 0 Å². The van der Waals surface area contributed by atoms with E-state index >= 15 is 0 Å². The predicted molar refractivity (Wildman–Crippen MR) is 75.5 cm³/mol. The molecule has 1 nitrogen and oxygen atoms in total. The van der Waals surface area contributed by atoms with Gasteiger partial charge in [-0.25, -0.2) is 0 Å². The summed E-state index contributed by atoms with van der Waals surface area (Å²) in [5, 5.41) is 13.1. The molecule has 1 aliphatic rings. The standard InChI is InChI=1S/C17H20O/c1-17(10-4-5-11-17)16(18)15-9-8-13-6-2-3-7-14(13)12-15/h2-3,6-9,12,16,18H,4-5,10-11H2,1H3. The third-order valence-electron chi connectivity index (χ3n) is 4.50. The zero-order chi connectivity index (χ0) is 12.6. The molecule has 0 amide bonds. The average molecular weight is 240 g/mol. The van der Waals surface area contributed by atoms with Crippen molar-refractivity contribution in [3.05, 3.63) is 48.0 Å². The van der Waals surface area contributed by atoms with Crippen molar-refractivity contribution in [2.75, 3.05) is 0 Å². The molecular formula is C17H20O. The summed E-state index contributed by atoms with van der Waals surface area (Å²) in [6.07, 6.45) is 4.45. The fourth-order valence-electron chi connectivity index (χ4n) is 3.24. The largest absolute Gasteiger partial charge is 0.388 e. The molecule has 2 aromatic rings. The van der Waals surface area contributed by atoms with Crippen LogP contribution in [0.4, 0.5) is 0 Å². The van der Waals surface area contributed by atoms with E-state index in [4.69, 9.17) is 0 Å². The van der Waals surface area contributed by atoms with Crippen LogP contribution in [-0.2, 0) is 0 Å². The zero-order valence-electron chi connectivity index (χ0n) is 10.9. The molecule has 0 spiro atoms. The topological polar surface area (TPSA) is 20.2 Å². The van der Waals surface area contributed by atoms with E-state index in [2.05, 4.69) is 49.4 Å². The summed E-state index contributed by atoms with van der Waals surface area (Å²) >= 11 is 0. The van der Waals surface area contributed by atoms with Gasteiger partial charge in [-0.3, -0.25) is 0 Å². The van der Waals surface area contributed by atoms with Crippen molar-refractivity contribution in [3.63, 3.8) is 0 Å². The first-order chi connectivity index (χ1) is 8.69. The average Bonchev–Trinajstić information content (AvgIpc) is 2.85. The van der Waals surface area contributed by atoms with Gasteiger partial charge in [-0.2, -0.15) is 0 Å². The van der Waals surface area contributed by atoms with Crippen LogP contribution in [0.1, 0.15) is 44.3 Å². The van der Waals surface area contributed by atoms with Gasteiger partial charge in [0.2, 0.25) is 0 Å². The van der Waals surface area contributed by atoms with Gasteiger partial charge in [-0.1, -0.05) is 56.2 Å². The van der Waals surface area contributed by atoms with E-state index in [0.717, 1.165) is 18.4 Å². The molecule has 0 aliphatic heterocycles. The maximum Gasteiger partial charge on any atom is 0.0843 e. The Morgan fingerprint density at radius 2 is 1.67 bits per heavy atom. The highest BCUT2D eigenvalue weighted by atomic mass is 16.3. The van der Waals surface area contributed by atoms with Crippen molar-refractivity contribution in [1.82, 2.24) is 0 Å². The zero-order valence-corrected chi connectivity index (χ0v) is 10.9. The highest BCUT2D eigenvalue weighted by Crippen LogP contribution is 2.47. The highest BCUT2D eigenvalue weighted by Gasteiger charge is 2.36. The third-order valence-corrected chi connectivity index (χ3v) is 4.50. The predicted octanol–water partition coefficient (Wildman–Crippen LogP) is 4.45. The first-order valence-corrected chi connectivity index (χ1v) is 6.86. The second kappa shape index (κ2) is 4.40. The van der Waals surface area contributed by atoms with E-state index in [1.165, 1.54) is 23.6 Å². The summed E-state index contributed by atoms with van der Waals surface area (Å²) in [5.41, 5.74) is 1.14. The quantitative estimate of drug-likeness (QED) is 0.822. The van der Waals surface area contributed by atoms with E-state index < -0.39 is 0 Å². The number of aliphatic hydroxyl groups excluding tert-OH is 1. The van der Waals surface area contributed by atoms with Crippen molar-refractivity contribution >= 4 is 10.8 Å². The van der Waals surface area contributed by atoms with Crippen molar-refractivity contribution in [3.8, 4) is 0 Å². The van der Waals surface area contributed by atoms with E-state index in [9.17, 15) is 5.11 Å². The fourth-order valence-corrected chi connectivity index (χ4v) is 3.24. The Labute approximate surface area is 108 Å². The van der Waals surface area contributed by atoms with Crippen LogP contribution in [0.3, 0.4) is 0 Å². The van der Waals surface area contributed by atoms with Gasteiger partial charge < -0.3 is 5.11 Å². The molecule has 1 fully saturated rings. The van der Waals surface area contributed by atoms with Crippen LogP contribution in [-0.4, -0.2) is 5.11 Å². The molecule has 3 rings (SSSR count). The number of fused-ring (bicyclic) bond motifs is 1. The molecule has 0 saturated heterocycles. The summed E-state index contributed by atoms with van der Waals surface area (Å²) in [6.45, 7) is 2.22. The summed E-state index contributed by atoms with van der Waals surface area (Å²) in [4.78, 5) is 0. The maximum atomic E-state index is 10.6. The smallest absolute Gasteiger partial charge is 0.0843 e. The Morgan fingerprint density at radius 3 is 2.39 bits per heavy atom. The minimum atomic E-state index is -0.329. The molecule has 1 atom stereocenters. The number of hydrogen-bond donors (Lipinski definition) is 1. The molecule has 0 aromatic heterocycles. The summed E-state index contributed by atoms with van der Waals surface area (Å²) < 4.78 is 0. The summed E-state index contributed by atoms with van der Waals surface area (Å²) in [6, 6.07) is 14.7. The van der Waals surface area contributed by atoms with Crippen LogP contribution in [0, 0.1) is 5.41 Å². The van der Waals surface area contributed by atoms with Crippen LogP contribution >= 0.6 is 0 Å². The first kappa shape index (κ1) is 11.7. The van der Waals surface area contributed by atoms with Gasteiger partial charge in [0.15, 0.2) is 0 Å². The number of rotatable bonds is 2. The lowest BCUT2D eigenvalue weighted by molar-refractivity contribution is 0.0409. The Hall–Kier alpha value is -1.34. The van der Waals surface area contributed by atoms with Crippen molar-refractivity contribution in [1.29, 1.82) is 0 Å². The van der Waals surface area contributed by atoms with Crippen LogP contribution in [0.15, 0.2) is 42.5 Å². The second-order valence-corrected chi connectivity index (χ2v) is 5.87. The van der Waals surface area contributed by atoms with Gasteiger partial charge in [-0.15, -0.1) is 0 Å². The molecular weight excluding hydrogens is 220 g/mol. The normalized spacial score (nSPS) is 20.1. The lowest BCUT2D eigenvalue weighted by Crippen LogP contribution is -2.21. The maximum absolute atomic E-state index is 10.6. The minimum Gasteiger partial charge on any atom is -0.388 e. The van der Waals surface area contributed by atoms with Gasteiger partial charge in [-0.05, 0) is 40.7 Å². The SMILES string of the molecule is CC1(C(O)c2ccc3ccccc3c2)CCCC1. The number of aliphatic hydroxyl groups is 1. The van der Waals surface area contributed by atoms with Gasteiger partial charge in [0, 0.05) is 0 Å². The Kier molecular flexibility index (Phi) is 2.87. The third kappa shape index (κ3) is 1.93.